The van der Waals surface area contributed by atoms with Gasteiger partial charge in [0, 0.05) is 43.9 Å². The largest absolute Gasteiger partial charge is 0.496 e. The number of carbonyl (C=O) groups excluding carboxylic acids is 1. The molecule has 1 amide bonds. The molecule has 1 spiro atoms. The summed E-state index contributed by atoms with van der Waals surface area (Å²) in [5.74, 6) is 1.28. The van der Waals surface area contributed by atoms with Gasteiger partial charge in [0.2, 0.25) is 0 Å². The second kappa shape index (κ2) is 8.47. The molecule has 0 atom stereocenters. The van der Waals surface area contributed by atoms with Gasteiger partial charge in [0.05, 0.1) is 25.1 Å². The number of benzene rings is 2. The van der Waals surface area contributed by atoms with E-state index in [1.807, 2.05) is 65.8 Å². The lowest BCUT2D eigenvalue weighted by atomic mass is 9.84. The van der Waals surface area contributed by atoms with Gasteiger partial charge in [0.25, 0.3) is 5.91 Å². The summed E-state index contributed by atoms with van der Waals surface area (Å²) >= 11 is 0. The molecule has 1 saturated heterocycles. The first-order chi connectivity index (χ1) is 16.8. The molecular formula is C28H31N3O4. The third-order valence-corrected chi connectivity index (χ3v) is 7.30. The number of aliphatic hydroxyl groups is 1. The Kier molecular flexibility index (Phi) is 5.57. The molecule has 0 radical (unpaired) electrons. The Balaban J connectivity index is 0.00000304. The Labute approximate surface area is 206 Å². The first-order valence-corrected chi connectivity index (χ1v) is 11.8. The quantitative estimate of drug-likeness (QED) is 0.607. The molecule has 1 fully saturated rings. The van der Waals surface area contributed by atoms with E-state index >= 15 is 0 Å². The average molecular weight is 474 g/mol. The number of aliphatic hydroxyl groups excluding tert-OH is 1. The van der Waals surface area contributed by atoms with Crippen LogP contribution in [0.1, 0.15) is 55.4 Å². The minimum Gasteiger partial charge on any atom is -0.496 e. The molecule has 35 heavy (non-hydrogen) atoms. The maximum absolute atomic E-state index is 13.4. The van der Waals surface area contributed by atoms with Crippen molar-refractivity contribution in [2.75, 3.05) is 26.8 Å². The molecule has 7 nitrogen and oxygen atoms in total. The minimum atomic E-state index is -0.590. The van der Waals surface area contributed by atoms with Crippen molar-refractivity contribution in [2.24, 2.45) is 0 Å². The molecular weight excluding hydrogens is 442 g/mol. The van der Waals surface area contributed by atoms with Crippen LogP contribution in [0.5, 0.6) is 11.5 Å². The fourth-order valence-electron chi connectivity index (χ4n) is 5.21. The lowest BCUT2D eigenvalue weighted by Gasteiger charge is -2.45. The SMILES string of the molecule is COc1cc(C(=O)N2CCC3(CC2)Oc2ccccc2-n2c(C#N)ccc23)ccc1C(C)(C)CO.[HH]. The summed E-state index contributed by atoms with van der Waals surface area (Å²) < 4.78 is 14.1. The van der Waals surface area contributed by atoms with Gasteiger partial charge >= 0.3 is 0 Å². The maximum Gasteiger partial charge on any atom is 0.253 e. The van der Waals surface area contributed by atoms with Crippen molar-refractivity contribution in [3.63, 3.8) is 0 Å². The number of piperidine rings is 1. The highest BCUT2D eigenvalue weighted by Crippen LogP contribution is 2.46. The van der Waals surface area contributed by atoms with E-state index in [9.17, 15) is 15.2 Å². The molecule has 3 aromatic rings. The van der Waals surface area contributed by atoms with Crippen molar-refractivity contribution in [1.29, 1.82) is 5.26 Å². The Morgan fingerprint density at radius 2 is 1.94 bits per heavy atom. The van der Waals surface area contributed by atoms with E-state index in [1.54, 1.807) is 19.2 Å². The number of aromatic nitrogens is 1. The monoisotopic (exact) mass is 473 g/mol. The summed E-state index contributed by atoms with van der Waals surface area (Å²) in [6, 6.07) is 19.3. The predicted molar refractivity (Wildman–Crippen MR) is 133 cm³/mol. The van der Waals surface area contributed by atoms with Crippen LogP contribution >= 0.6 is 0 Å². The molecule has 0 saturated carbocycles. The summed E-state index contributed by atoms with van der Waals surface area (Å²) in [6.07, 6.45) is 1.24. The lowest BCUT2D eigenvalue weighted by Crippen LogP contribution is -2.50. The molecule has 0 bridgehead atoms. The van der Waals surface area contributed by atoms with E-state index in [0.29, 0.717) is 42.9 Å². The second-order valence-corrected chi connectivity index (χ2v) is 9.86. The Bertz CT molecular complexity index is 1330. The van der Waals surface area contributed by atoms with Gasteiger partial charge in [-0.2, -0.15) is 5.26 Å². The van der Waals surface area contributed by atoms with E-state index in [0.717, 1.165) is 22.7 Å². The van der Waals surface area contributed by atoms with Gasteiger partial charge in [-0.05, 0) is 36.4 Å². The van der Waals surface area contributed by atoms with Gasteiger partial charge in [0.15, 0.2) is 5.60 Å². The van der Waals surface area contributed by atoms with E-state index in [2.05, 4.69) is 6.07 Å². The molecule has 7 heteroatoms. The molecule has 5 rings (SSSR count). The molecule has 0 aliphatic carbocycles. The van der Waals surface area contributed by atoms with Crippen LogP contribution < -0.4 is 9.47 Å². The first-order valence-electron chi connectivity index (χ1n) is 11.8. The standard InChI is InChI=1S/C28H29N3O4.H2/c1-27(2,18-32)21-10-8-19(16-24(21)34-3)26(33)30-14-12-28(13-15-30)25-11-9-20(17-29)31(25)22-6-4-5-7-23(22)35-28;/h4-11,16,32H,12-15,18H2,1-3H3;1H. The molecule has 182 valence electrons. The number of amides is 1. The first kappa shape index (κ1) is 23.0. The van der Waals surface area contributed by atoms with Crippen LogP contribution in [0.3, 0.4) is 0 Å². The third kappa shape index (κ3) is 3.65. The highest BCUT2D eigenvalue weighted by molar-refractivity contribution is 5.95. The van der Waals surface area contributed by atoms with Crippen molar-refractivity contribution in [1.82, 2.24) is 9.47 Å². The van der Waals surface area contributed by atoms with Crippen LogP contribution in [-0.4, -0.2) is 47.3 Å². The number of likely N-dealkylation sites (tertiary alicyclic amines) is 1. The second-order valence-electron chi connectivity index (χ2n) is 9.86. The fraction of sp³-hybridized carbons (Fsp3) is 0.357. The summed E-state index contributed by atoms with van der Waals surface area (Å²) in [5.41, 5.74) is 2.75. The number of ether oxygens (including phenoxy) is 2. The van der Waals surface area contributed by atoms with Gasteiger partial charge < -0.3 is 19.5 Å². The number of para-hydroxylation sites is 2. The van der Waals surface area contributed by atoms with Crippen LogP contribution in [0.25, 0.3) is 5.69 Å². The van der Waals surface area contributed by atoms with Crippen molar-refractivity contribution in [3.05, 3.63) is 77.1 Å². The number of hydrogen-bond acceptors (Lipinski definition) is 5. The van der Waals surface area contributed by atoms with E-state index in [1.165, 1.54) is 0 Å². The highest BCUT2D eigenvalue weighted by Gasteiger charge is 2.45. The maximum atomic E-state index is 13.4. The van der Waals surface area contributed by atoms with Crippen molar-refractivity contribution in [3.8, 4) is 23.3 Å². The van der Waals surface area contributed by atoms with E-state index < -0.39 is 11.0 Å². The minimum absolute atomic E-state index is 0. The fourth-order valence-corrected chi connectivity index (χ4v) is 5.21. The van der Waals surface area contributed by atoms with Crippen molar-refractivity contribution in [2.45, 2.75) is 37.7 Å². The van der Waals surface area contributed by atoms with Gasteiger partial charge in [-0.3, -0.25) is 9.36 Å². The Morgan fingerprint density at radius 3 is 2.63 bits per heavy atom. The van der Waals surface area contributed by atoms with Crippen LogP contribution in [0, 0.1) is 11.3 Å². The zero-order valence-electron chi connectivity index (χ0n) is 20.2. The Morgan fingerprint density at radius 1 is 1.20 bits per heavy atom. The summed E-state index contributed by atoms with van der Waals surface area (Å²) in [5, 5.41) is 19.4. The van der Waals surface area contributed by atoms with Gasteiger partial charge in [-0.15, -0.1) is 0 Å². The zero-order chi connectivity index (χ0) is 24.8. The van der Waals surface area contributed by atoms with Gasteiger partial charge in [0.1, 0.15) is 23.3 Å². The number of fused-ring (bicyclic) bond motifs is 4. The summed E-state index contributed by atoms with van der Waals surface area (Å²) in [6.45, 7) is 4.91. The average Bonchev–Trinajstić information content (AvgIpc) is 3.34. The molecule has 1 N–H and O–H groups in total. The van der Waals surface area contributed by atoms with Crippen molar-refractivity contribution >= 4 is 5.91 Å². The van der Waals surface area contributed by atoms with E-state index in [4.69, 9.17) is 9.47 Å². The molecule has 0 unspecified atom stereocenters. The number of rotatable bonds is 4. The van der Waals surface area contributed by atoms with Crippen LogP contribution in [-0.2, 0) is 11.0 Å². The summed E-state index contributed by atoms with van der Waals surface area (Å²) in [7, 11) is 1.58. The zero-order valence-corrected chi connectivity index (χ0v) is 20.2. The number of nitrogens with zero attached hydrogens (tertiary/aromatic N) is 3. The predicted octanol–water partition coefficient (Wildman–Crippen LogP) is 4.40. The van der Waals surface area contributed by atoms with Crippen LogP contribution in [0.4, 0.5) is 0 Å². The molecule has 2 aliphatic heterocycles. The highest BCUT2D eigenvalue weighted by atomic mass is 16.5. The van der Waals surface area contributed by atoms with Crippen LogP contribution in [0.2, 0.25) is 0 Å². The molecule has 2 aromatic carbocycles. The molecule has 2 aliphatic rings. The normalized spacial score (nSPS) is 16.1. The third-order valence-electron chi connectivity index (χ3n) is 7.30. The van der Waals surface area contributed by atoms with Crippen LogP contribution in [0.15, 0.2) is 54.6 Å². The smallest absolute Gasteiger partial charge is 0.253 e. The van der Waals surface area contributed by atoms with Crippen molar-refractivity contribution < 1.29 is 20.8 Å². The number of carbonyl (C=O) groups is 1. The molecule has 3 heterocycles. The molecule has 1 aromatic heterocycles. The van der Waals surface area contributed by atoms with Gasteiger partial charge in [-0.25, -0.2) is 0 Å². The Hall–Kier alpha value is -3.76. The number of nitriles is 1. The van der Waals surface area contributed by atoms with E-state index in [-0.39, 0.29) is 13.9 Å². The van der Waals surface area contributed by atoms with Gasteiger partial charge in [-0.1, -0.05) is 32.0 Å². The number of hydrogen-bond donors (Lipinski definition) is 1. The topological polar surface area (TPSA) is 87.7 Å². The lowest BCUT2D eigenvalue weighted by molar-refractivity contribution is -0.00938. The number of methoxy groups -OCH3 is 1. The summed E-state index contributed by atoms with van der Waals surface area (Å²) in [4.78, 5) is 15.2.